The Bertz CT molecular complexity index is 613. The molecule has 1 aromatic rings. The lowest BCUT2D eigenvalue weighted by Gasteiger charge is -2.22. The molecule has 0 radical (unpaired) electrons. The average Bonchev–Trinajstić information content (AvgIpc) is 2.48. The summed E-state index contributed by atoms with van der Waals surface area (Å²) in [5.41, 5.74) is 0. The predicted octanol–water partition coefficient (Wildman–Crippen LogP) is 2.57. The van der Waals surface area contributed by atoms with Gasteiger partial charge in [0.15, 0.2) is 0 Å². The third-order valence-electron chi connectivity index (χ3n) is 3.72. The first-order valence-electron chi connectivity index (χ1n) is 7.52. The molecule has 0 aliphatic heterocycles. The highest BCUT2D eigenvalue weighted by Crippen LogP contribution is 2.17. The van der Waals surface area contributed by atoms with Crippen molar-refractivity contribution in [1.29, 1.82) is 0 Å². The largest absolute Gasteiger partial charge is 0.353 e. The molecule has 0 atom stereocenters. The topological polar surface area (TPSA) is 75.3 Å². The number of benzene rings is 1. The molecule has 1 aromatic carbocycles. The maximum Gasteiger partial charge on any atom is 0.240 e. The van der Waals surface area contributed by atoms with E-state index in [9.17, 15) is 13.2 Å². The van der Waals surface area contributed by atoms with Crippen molar-refractivity contribution in [2.24, 2.45) is 0 Å². The van der Waals surface area contributed by atoms with Gasteiger partial charge in [-0.3, -0.25) is 4.79 Å². The van der Waals surface area contributed by atoms with Gasteiger partial charge < -0.3 is 5.32 Å². The van der Waals surface area contributed by atoms with Gasteiger partial charge >= 0.3 is 0 Å². The van der Waals surface area contributed by atoms with E-state index in [1.165, 1.54) is 18.6 Å². The summed E-state index contributed by atoms with van der Waals surface area (Å²) >= 11 is 3.24. The fraction of sp³-hybridized carbons (Fsp3) is 0.533. The smallest absolute Gasteiger partial charge is 0.240 e. The molecule has 0 aromatic heterocycles. The van der Waals surface area contributed by atoms with Crippen molar-refractivity contribution in [3.8, 4) is 0 Å². The highest BCUT2D eigenvalue weighted by atomic mass is 79.9. The molecule has 2 N–H and O–H groups in total. The quantitative estimate of drug-likeness (QED) is 0.785. The minimum atomic E-state index is -3.57. The molecule has 0 heterocycles. The molecule has 1 aliphatic carbocycles. The summed E-state index contributed by atoms with van der Waals surface area (Å²) in [5.74, 6) is -0.0937. The molecule has 1 fully saturated rings. The summed E-state index contributed by atoms with van der Waals surface area (Å²) in [6.07, 6.45) is 5.74. The number of rotatable bonds is 6. The van der Waals surface area contributed by atoms with Crippen LogP contribution in [0.2, 0.25) is 0 Å². The van der Waals surface area contributed by atoms with Crippen LogP contribution in [0.15, 0.2) is 33.6 Å². The number of halogens is 1. The lowest BCUT2D eigenvalue weighted by molar-refractivity contribution is -0.121. The van der Waals surface area contributed by atoms with Gasteiger partial charge in [-0.2, -0.15) is 0 Å². The third-order valence-corrected chi connectivity index (χ3v) is 5.67. The SMILES string of the molecule is O=C(CCNS(=O)(=O)c1cccc(Br)c1)NC1CCCCC1. The van der Waals surface area contributed by atoms with Crippen molar-refractivity contribution in [2.75, 3.05) is 6.54 Å². The molecular formula is C15H21BrN2O3S. The molecule has 0 saturated heterocycles. The van der Waals surface area contributed by atoms with Gasteiger partial charge in [-0.05, 0) is 31.0 Å². The van der Waals surface area contributed by atoms with Crippen molar-refractivity contribution >= 4 is 31.9 Å². The van der Waals surface area contributed by atoms with Gasteiger partial charge in [0.1, 0.15) is 0 Å². The molecule has 2 rings (SSSR count). The molecule has 22 heavy (non-hydrogen) atoms. The molecule has 0 bridgehead atoms. The number of amides is 1. The van der Waals surface area contributed by atoms with Crippen LogP contribution in [0.5, 0.6) is 0 Å². The highest BCUT2D eigenvalue weighted by Gasteiger charge is 2.17. The van der Waals surface area contributed by atoms with E-state index in [1.807, 2.05) is 0 Å². The normalized spacial score (nSPS) is 16.4. The van der Waals surface area contributed by atoms with Crippen LogP contribution in [0.25, 0.3) is 0 Å². The van der Waals surface area contributed by atoms with Crippen LogP contribution in [0, 0.1) is 0 Å². The molecule has 0 unspecified atom stereocenters. The Labute approximate surface area is 140 Å². The van der Waals surface area contributed by atoms with Crippen LogP contribution in [0.1, 0.15) is 38.5 Å². The number of carbonyl (C=O) groups excluding carboxylic acids is 1. The number of sulfonamides is 1. The fourth-order valence-corrected chi connectivity index (χ4v) is 4.19. The summed E-state index contributed by atoms with van der Waals surface area (Å²) < 4.78 is 27.3. The molecule has 1 aliphatic rings. The molecule has 5 nitrogen and oxygen atoms in total. The second-order valence-electron chi connectivity index (χ2n) is 5.51. The molecular weight excluding hydrogens is 368 g/mol. The lowest BCUT2D eigenvalue weighted by atomic mass is 9.95. The Morgan fingerprint density at radius 3 is 2.64 bits per heavy atom. The van der Waals surface area contributed by atoms with E-state index < -0.39 is 10.0 Å². The van der Waals surface area contributed by atoms with E-state index >= 15 is 0 Å². The van der Waals surface area contributed by atoms with Crippen molar-refractivity contribution in [3.05, 3.63) is 28.7 Å². The summed E-state index contributed by atoms with van der Waals surface area (Å²) in [5, 5.41) is 2.97. The van der Waals surface area contributed by atoms with Gasteiger partial charge in [0.25, 0.3) is 0 Å². The first-order chi connectivity index (χ1) is 10.5. The first kappa shape index (κ1) is 17.4. The Balaban J connectivity index is 1.78. The van der Waals surface area contributed by atoms with Crippen LogP contribution < -0.4 is 10.0 Å². The predicted molar refractivity (Wildman–Crippen MR) is 89.0 cm³/mol. The van der Waals surface area contributed by atoms with Crippen LogP contribution in [-0.4, -0.2) is 26.9 Å². The fourth-order valence-electron chi connectivity index (χ4n) is 2.56. The number of hydrogen-bond donors (Lipinski definition) is 2. The summed E-state index contributed by atoms with van der Waals surface area (Å²) in [4.78, 5) is 12.0. The third kappa shape index (κ3) is 5.37. The summed E-state index contributed by atoms with van der Waals surface area (Å²) in [6, 6.07) is 6.73. The van der Waals surface area contributed by atoms with Crippen LogP contribution in [-0.2, 0) is 14.8 Å². The molecule has 1 amide bonds. The minimum Gasteiger partial charge on any atom is -0.353 e. The monoisotopic (exact) mass is 388 g/mol. The molecule has 0 spiro atoms. The Morgan fingerprint density at radius 2 is 1.95 bits per heavy atom. The van der Waals surface area contributed by atoms with Crippen LogP contribution in [0.4, 0.5) is 0 Å². The number of hydrogen-bond acceptors (Lipinski definition) is 3. The van der Waals surface area contributed by atoms with Crippen molar-refractivity contribution < 1.29 is 13.2 Å². The van der Waals surface area contributed by atoms with Crippen molar-refractivity contribution in [2.45, 2.75) is 49.5 Å². The Hall–Kier alpha value is -0.920. The van der Waals surface area contributed by atoms with Gasteiger partial charge in [-0.1, -0.05) is 41.3 Å². The maximum absolute atomic E-state index is 12.1. The van der Waals surface area contributed by atoms with E-state index in [2.05, 4.69) is 26.0 Å². The summed E-state index contributed by atoms with van der Waals surface area (Å²) in [7, 11) is -3.57. The number of carbonyl (C=O) groups is 1. The van der Waals surface area contributed by atoms with Crippen LogP contribution >= 0.6 is 15.9 Å². The number of nitrogens with one attached hydrogen (secondary N) is 2. The zero-order chi connectivity index (χ0) is 16.0. The van der Waals surface area contributed by atoms with E-state index in [1.54, 1.807) is 12.1 Å². The second kappa shape index (κ2) is 8.08. The van der Waals surface area contributed by atoms with E-state index in [4.69, 9.17) is 0 Å². The maximum atomic E-state index is 12.1. The Kier molecular flexibility index (Phi) is 6.40. The van der Waals surface area contributed by atoms with E-state index in [-0.39, 0.29) is 29.8 Å². The summed E-state index contributed by atoms with van der Waals surface area (Å²) in [6.45, 7) is 0.105. The zero-order valence-electron chi connectivity index (χ0n) is 12.3. The lowest BCUT2D eigenvalue weighted by Crippen LogP contribution is -2.38. The highest BCUT2D eigenvalue weighted by molar-refractivity contribution is 9.10. The van der Waals surface area contributed by atoms with E-state index in [0.717, 1.165) is 25.7 Å². The van der Waals surface area contributed by atoms with Gasteiger partial charge in [-0.15, -0.1) is 0 Å². The van der Waals surface area contributed by atoms with Gasteiger partial charge in [0.2, 0.25) is 15.9 Å². The van der Waals surface area contributed by atoms with E-state index in [0.29, 0.717) is 4.47 Å². The molecule has 7 heteroatoms. The van der Waals surface area contributed by atoms with Gasteiger partial charge in [0.05, 0.1) is 4.90 Å². The average molecular weight is 389 g/mol. The Morgan fingerprint density at radius 1 is 1.23 bits per heavy atom. The van der Waals surface area contributed by atoms with Crippen molar-refractivity contribution in [3.63, 3.8) is 0 Å². The second-order valence-corrected chi connectivity index (χ2v) is 8.19. The zero-order valence-corrected chi connectivity index (χ0v) is 14.7. The first-order valence-corrected chi connectivity index (χ1v) is 9.79. The molecule has 122 valence electrons. The minimum absolute atomic E-state index is 0.0937. The van der Waals surface area contributed by atoms with Crippen LogP contribution in [0.3, 0.4) is 0 Å². The van der Waals surface area contributed by atoms with Crippen molar-refractivity contribution in [1.82, 2.24) is 10.0 Å². The standard InChI is InChI=1S/C15H21BrN2O3S/c16-12-5-4-8-14(11-12)22(20,21)17-10-9-15(19)18-13-6-2-1-3-7-13/h4-5,8,11,13,17H,1-3,6-7,9-10H2,(H,18,19). The molecule has 1 saturated carbocycles. The van der Waals surface area contributed by atoms with Gasteiger partial charge in [-0.25, -0.2) is 13.1 Å². The van der Waals surface area contributed by atoms with Gasteiger partial charge in [0, 0.05) is 23.5 Å².